The molecule has 0 spiro atoms. The first-order valence-electron chi connectivity index (χ1n) is 9.59. The Morgan fingerprint density at radius 1 is 1.15 bits per heavy atom. The minimum Gasteiger partial charge on any atom is -0.381 e. The van der Waals surface area contributed by atoms with Crippen LogP contribution in [-0.2, 0) is 16.0 Å². The Balaban J connectivity index is 0.00000261. The van der Waals surface area contributed by atoms with E-state index in [1.165, 1.54) is 5.56 Å². The molecule has 6 nitrogen and oxygen atoms in total. The van der Waals surface area contributed by atoms with Crippen molar-refractivity contribution < 1.29 is 9.47 Å². The Hall–Kier alpha value is -0.900. The quantitative estimate of drug-likeness (QED) is 0.392. The summed E-state index contributed by atoms with van der Waals surface area (Å²) in [6, 6.07) is 10.7. The number of halogens is 1. The van der Waals surface area contributed by atoms with Crippen LogP contribution in [-0.4, -0.2) is 81.5 Å². The van der Waals surface area contributed by atoms with Gasteiger partial charge in [-0.3, -0.25) is 9.89 Å². The highest BCUT2D eigenvalue weighted by atomic mass is 127. The number of rotatable bonds is 5. The fourth-order valence-electron chi connectivity index (χ4n) is 3.73. The van der Waals surface area contributed by atoms with Crippen LogP contribution in [0.3, 0.4) is 0 Å². The van der Waals surface area contributed by atoms with Crippen LogP contribution >= 0.6 is 24.0 Å². The molecule has 0 bridgehead atoms. The van der Waals surface area contributed by atoms with Crippen molar-refractivity contribution in [2.75, 3.05) is 60.1 Å². The maximum atomic E-state index is 5.82. The number of hydrogen-bond acceptors (Lipinski definition) is 4. The lowest BCUT2D eigenvalue weighted by molar-refractivity contribution is -0.0858. The molecule has 1 aromatic rings. The number of guanidine groups is 1. The van der Waals surface area contributed by atoms with Crippen LogP contribution in [0.5, 0.6) is 0 Å². The number of hydrogen-bond donors (Lipinski definition) is 1. The van der Waals surface area contributed by atoms with Gasteiger partial charge >= 0.3 is 0 Å². The maximum absolute atomic E-state index is 5.82. The fraction of sp³-hybridized carbons (Fsp3) is 0.650. The van der Waals surface area contributed by atoms with Crippen molar-refractivity contribution in [3.05, 3.63) is 35.9 Å². The van der Waals surface area contributed by atoms with Crippen LogP contribution < -0.4 is 5.32 Å². The molecule has 152 valence electrons. The maximum Gasteiger partial charge on any atom is 0.193 e. The van der Waals surface area contributed by atoms with Gasteiger partial charge in [0, 0.05) is 79.5 Å². The van der Waals surface area contributed by atoms with E-state index in [2.05, 4.69) is 50.4 Å². The minimum atomic E-state index is -0.136. The number of piperazine rings is 1. The van der Waals surface area contributed by atoms with Crippen molar-refractivity contribution in [3.8, 4) is 0 Å². The molecule has 0 unspecified atom stereocenters. The van der Waals surface area contributed by atoms with Crippen molar-refractivity contribution in [1.82, 2.24) is 15.1 Å². The van der Waals surface area contributed by atoms with Crippen LogP contribution in [0.25, 0.3) is 0 Å². The Morgan fingerprint density at radius 2 is 1.81 bits per heavy atom. The van der Waals surface area contributed by atoms with E-state index in [1.807, 2.05) is 7.05 Å². The van der Waals surface area contributed by atoms with Crippen LogP contribution in [0.1, 0.15) is 18.4 Å². The lowest BCUT2D eigenvalue weighted by Crippen LogP contribution is -2.55. The Labute approximate surface area is 180 Å². The molecule has 0 radical (unpaired) electrons. The van der Waals surface area contributed by atoms with E-state index in [-0.39, 0.29) is 29.6 Å². The van der Waals surface area contributed by atoms with Gasteiger partial charge in [-0.05, 0) is 5.56 Å². The molecule has 0 aromatic heterocycles. The van der Waals surface area contributed by atoms with E-state index in [1.54, 1.807) is 7.11 Å². The van der Waals surface area contributed by atoms with Crippen molar-refractivity contribution in [1.29, 1.82) is 0 Å². The van der Waals surface area contributed by atoms with E-state index in [0.717, 1.165) is 71.3 Å². The third-order valence-electron chi connectivity index (χ3n) is 5.54. The van der Waals surface area contributed by atoms with Crippen molar-refractivity contribution in [2.45, 2.75) is 25.0 Å². The molecule has 27 heavy (non-hydrogen) atoms. The summed E-state index contributed by atoms with van der Waals surface area (Å²) in [5.74, 6) is 0.979. The zero-order chi connectivity index (χ0) is 18.2. The van der Waals surface area contributed by atoms with Crippen LogP contribution in [0, 0.1) is 0 Å². The third-order valence-corrected chi connectivity index (χ3v) is 5.54. The summed E-state index contributed by atoms with van der Waals surface area (Å²) in [5, 5.41) is 3.54. The second kappa shape index (κ2) is 11.2. The van der Waals surface area contributed by atoms with Crippen molar-refractivity contribution in [3.63, 3.8) is 0 Å². The van der Waals surface area contributed by atoms with Crippen molar-refractivity contribution >= 4 is 29.9 Å². The van der Waals surface area contributed by atoms with Gasteiger partial charge in [-0.15, -0.1) is 24.0 Å². The predicted octanol–water partition coefficient (Wildman–Crippen LogP) is 2.19. The standard InChI is InChI=1S/C20H32N4O2.HI/c1-21-19(22-17-20(25-2)8-14-26-15-9-20)24-12-10-23(11-13-24)16-18-6-4-3-5-7-18;/h3-7H,8-17H2,1-2H3,(H,21,22);1H. The molecule has 0 amide bonds. The van der Waals surface area contributed by atoms with Crippen LogP contribution in [0.15, 0.2) is 35.3 Å². The molecule has 0 saturated carbocycles. The molecule has 2 aliphatic rings. The molecule has 0 atom stereocenters. The van der Waals surface area contributed by atoms with Gasteiger partial charge in [0.05, 0.1) is 5.60 Å². The van der Waals surface area contributed by atoms with Gasteiger partial charge in [0.1, 0.15) is 0 Å². The normalized spacial score (nSPS) is 20.8. The second-order valence-electron chi connectivity index (χ2n) is 7.15. The lowest BCUT2D eigenvalue weighted by Gasteiger charge is -2.39. The Kier molecular flexibility index (Phi) is 9.28. The topological polar surface area (TPSA) is 49.3 Å². The molecule has 1 N–H and O–H groups in total. The predicted molar refractivity (Wildman–Crippen MR) is 120 cm³/mol. The molecule has 2 heterocycles. The fourth-order valence-corrected chi connectivity index (χ4v) is 3.73. The van der Waals surface area contributed by atoms with Gasteiger partial charge in [-0.1, -0.05) is 30.3 Å². The average molecular weight is 488 g/mol. The van der Waals surface area contributed by atoms with Gasteiger partial charge in [-0.25, -0.2) is 0 Å². The van der Waals surface area contributed by atoms with Crippen LogP contribution in [0.4, 0.5) is 0 Å². The van der Waals surface area contributed by atoms with E-state index in [4.69, 9.17) is 9.47 Å². The van der Waals surface area contributed by atoms with Gasteiger partial charge in [0.25, 0.3) is 0 Å². The van der Waals surface area contributed by atoms with Crippen molar-refractivity contribution in [2.24, 2.45) is 4.99 Å². The summed E-state index contributed by atoms with van der Waals surface area (Å²) in [5.41, 5.74) is 1.24. The number of methoxy groups -OCH3 is 1. The summed E-state index contributed by atoms with van der Waals surface area (Å²) in [4.78, 5) is 9.36. The first kappa shape index (κ1) is 22.4. The molecular formula is C20H33IN4O2. The van der Waals surface area contributed by atoms with Gasteiger partial charge in [-0.2, -0.15) is 0 Å². The van der Waals surface area contributed by atoms with Gasteiger partial charge in [0.15, 0.2) is 5.96 Å². The highest BCUT2D eigenvalue weighted by Gasteiger charge is 2.33. The summed E-state index contributed by atoms with van der Waals surface area (Å²) in [6.45, 7) is 7.44. The molecule has 2 fully saturated rings. The van der Waals surface area contributed by atoms with E-state index in [0.29, 0.717) is 0 Å². The number of nitrogens with one attached hydrogen (secondary N) is 1. The molecule has 7 heteroatoms. The van der Waals surface area contributed by atoms with Gasteiger partial charge < -0.3 is 19.7 Å². The monoisotopic (exact) mass is 488 g/mol. The zero-order valence-corrected chi connectivity index (χ0v) is 18.9. The first-order chi connectivity index (χ1) is 12.7. The number of benzene rings is 1. The first-order valence-corrected chi connectivity index (χ1v) is 9.59. The summed E-state index contributed by atoms with van der Waals surface area (Å²) in [7, 11) is 3.67. The molecule has 0 aliphatic carbocycles. The highest BCUT2D eigenvalue weighted by Crippen LogP contribution is 2.23. The number of nitrogens with zero attached hydrogens (tertiary/aromatic N) is 3. The third kappa shape index (κ3) is 6.30. The molecule has 2 saturated heterocycles. The highest BCUT2D eigenvalue weighted by molar-refractivity contribution is 14.0. The molecule has 1 aromatic carbocycles. The lowest BCUT2D eigenvalue weighted by atomic mass is 9.94. The Morgan fingerprint density at radius 3 is 2.41 bits per heavy atom. The summed E-state index contributed by atoms with van der Waals surface area (Å²) in [6.07, 6.45) is 1.86. The molecule has 3 rings (SSSR count). The van der Waals surface area contributed by atoms with E-state index >= 15 is 0 Å². The minimum absolute atomic E-state index is 0. The van der Waals surface area contributed by atoms with E-state index in [9.17, 15) is 0 Å². The largest absolute Gasteiger partial charge is 0.381 e. The smallest absolute Gasteiger partial charge is 0.193 e. The summed E-state index contributed by atoms with van der Waals surface area (Å²) < 4.78 is 11.3. The van der Waals surface area contributed by atoms with E-state index < -0.39 is 0 Å². The summed E-state index contributed by atoms with van der Waals surface area (Å²) >= 11 is 0. The van der Waals surface area contributed by atoms with Crippen LogP contribution in [0.2, 0.25) is 0 Å². The second-order valence-corrected chi connectivity index (χ2v) is 7.15. The molecule has 2 aliphatic heterocycles. The Bertz CT molecular complexity index is 571. The zero-order valence-electron chi connectivity index (χ0n) is 16.5. The number of aliphatic imine (C=N–C) groups is 1. The average Bonchev–Trinajstić information content (AvgIpc) is 2.71. The number of ether oxygens (including phenoxy) is 2. The van der Waals surface area contributed by atoms with Gasteiger partial charge in [0.2, 0.25) is 0 Å². The SMILES string of the molecule is CN=C(NCC1(OC)CCOCC1)N1CCN(Cc2ccccc2)CC1.I. The molecular weight excluding hydrogens is 455 g/mol.